The minimum Gasteiger partial charge on any atom is -0.395 e. The smallest absolute Gasteiger partial charge is 0.227 e. The van der Waals surface area contributed by atoms with Gasteiger partial charge in [-0.25, -0.2) is 0 Å². The van der Waals surface area contributed by atoms with E-state index in [1.165, 1.54) is 0 Å². The standard InChI is InChI=1S/C14H18N2O2/c1-11(2)16(7-8-17)14(18)9-12-3-5-13(10-15)6-4-12/h3-6,11,17H,7-9H2,1-2H3. The van der Waals surface area contributed by atoms with Crippen molar-refractivity contribution in [1.29, 1.82) is 5.26 Å². The molecule has 0 fully saturated rings. The molecule has 0 saturated carbocycles. The van der Waals surface area contributed by atoms with Crippen LogP contribution in [0.3, 0.4) is 0 Å². The summed E-state index contributed by atoms with van der Waals surface area (Å²) in [6.07, 6.45) is 0.296. The third-order valence-electron chi connectivity index (χ3n) is 2.72. The Hall–Kier alpha value is -1.86. The van der Waals surface area contributed by atoms with E-state index in [9.17, 15) is 4.79 Å². The summed E-state index contributed by atoms with van der Waals surface area (Å²) in [5, 5.41) is 17.6. The van der Waals surface area contributed by atoms with E-state index in [0.717, 1.165) is 5.56 Å². The molecule has 0 unspecified atom stereocenters. The van der Waals surface area contributed by atoms with Crippen LogP contribution in [0, 0.1) is 11.3 Å². The summed E-state index contributed by atoms with van der Waals surface area (Å²) in [5.74, 6) is -0.0104. The first-order chi connectivity index (χ1) is 8.58. The molecule has 1 aromatic carbocycles. The van der Waals surface area contributed by atoms with Gasteiger partial charge in [0.25, 0.3) is 0 Å². The molecule has 1 aromatic rings. The maximum absolute atomic E-state index is 12.0. The van der Waals surface area contributed by atoms with E-state index in [1.54, 1.807) is 29.2 Å². The zero-order chi connectivity index (χ0) is 13.5. The van der Waals surface area contributed by atoms with Crippen molar-refractivity contribution >= 4 is 5.91 Å². The van der Waals surface area contributed by atoms with Crippen LogP contribution in [-0.4, -0.2) is 35.1 Å². The van der Waals surface area contributed by atoms with Crippen LogP contribution in [0.25, 0.3) is 0 Å². The van der Waals surface area contributed by atoms with E-state index >= 15 is 0 Å². The van der Waals surface area contributed by atoms with Crippen molar-refractivity contribution in [2.75, 3.05) is 13.2 Å². The SMILES string of the molecule is CC(C)N(CCO)C(=O)Cc1ccc(C#N)cc1. The summed E-state index contributed by atoms with van der Waals surface area (Å²) < 4.78 is 0. The van der Waals surface area contributed by atoms with Crippen molar-refractivity contribution in [2.45, 2.75) is 26.3 Å². The molecule has 0 bridgehead atoms. The van der Waals surface area contributed by atoms with Crippen molar-refractivity contribution in [3.63, 3.8) is 0 Å². The highest BCUT2D eigenvalue weighted by atomic mass is 16.3. The molecule has 0 aromatic heterocycles. The summed E-state index contributed by atoms with van der Waals surface area (Å²) in [7, 11) is 0. The number of nitrogens with zero attached hydrogens (tertiary/aromatic N) is 2. The lowest BCUT2D eigenvalue weighted by atomic mass is 10.1. The van der Waals surface area contributed by atoms with Crippen molar-refractivity contribution in [2.24, 2.45) is 0 Å². The van der Waals surface area contributed by atoms with Crippen LogP contribution in [0.2, 0.25) is 0 Å². The Bertz CT molecular complexity index is 432. The Kier molecular flexibility index (Phi) is 5.34. The summed E-state index contributed by atoms with van der Waals surface area (Å²) in [5.41, 5.74) is 1.46. The van der Waals surface area contributed by atoms with Gasteiger partial charge in [-0.3, -0.25) is 4.79 Å². The van der Waals surface area contributed by atoms with Gasteiger partial charge in [0.15, 0.2) is 0 Å². The summed E-state index contributed by atoms with van der Waals surface area (Å²) >= 11 is 0. The molecule has 0 atom stereocenters. The third-order valence-corrected chi connectivity index (χ3v) is 2.72. The Morgan fingerprint density at radius 3 is 2.44 bits per heavy atom. The first kappa shape index (κ1) is 14.2. The third kappa shape index (κ3) is 3.86. The van der Waals surface area contributed by atoms with Gasteiger partial charge in [0.1, 0.15) is 0 Å². The molecule has 96 valence electrons. The minimum atomic E-state index is -0.0305. The maximum atomic E-state index is 12.0. The fourth-order valence-electron chi connectivity index (χ4n) is 1.75. The number of aliphatic hydroxyl groups excluding tert-OH is 1. The van der Waals surface area contributed by atoms with Gasteiger partial charge in [-0.2, -0.15) is 5.26 Å². The average molecular weight is 246 g/mol. The number of aliphatic hydroxyl groups is 1. The molecule has 0 saturated heterocycles. The number of nitriles is 1. The topological polar surface area (TPSA) is 64.3 Å². The van der Waals surface area contributed by atoms with Gasteiger partial charge in [0, 0.05) is 12.6 Å². The van der Waals surface area contributed by atoms with Gasteiger partial charge in [0.05, 0.1) is 24.7 Å². The van der Waals surface area contributed by atoms with Crippen molar-refractivity contribution in [1.82, 2.24) is 4.90 Å². The Labute approximate surface area is 107 Å². The largest absolute Gasteiger partial charge is 0.395 e. The number of benzene rings is 1. The van der Waals surface area contributed by atoms with Crippen LogP contribution in [0.5, 0.6) is 0 Å². The Morgan fingerprint density at radius 2 is 2.00 bits per heavy atom. The van der Waals surface area contributed by atoms with E-state index in [2.05, 4.69) is 0 Å². The molecule has 1 amide bonds. The molecule has 1 rings (SSSR count). The van der Waals surface area contributed by atoms with Gasteiger partial charge in [-0.15, -0.1) is 0 Å². The van der Waals surface area contributed by atoms with Gasteiger partial charge < -0.3 is 10.0 Å². The molecule has 0 aliphatic carbocycles. The first-order valence-electron chi connectivity index (χ1n) is 5.98. The lowest BCUT2D eigenvalue weighted by molar-refractivity contribution is -0.132. The lowest BCUT2D eigenvalue weighted by Gasteiger charge is -2.26. The molecule has 0 radical (unpaired) electrons. The normalized spacial score (nSPS) is 10.2. The lowest BCUT2D eigenvalue weighted by Crippen LogP contribution is -2.39. The second kappa shape index (κ2) is 6.77. The minimum absolute atomic E-state index is 0.0104. The fraction of sp³-hybridized carbons (Fsp3) is 0.429. The van der Waals surface area contributed by atoms with Crippen molar-refractivity contribution in [3.05, 3.63) is 35.4 Å². The number of carbonyl (C=O) groups is 1. The van der Waals surface area contributed by atoms with Crippen molar-refractivity contribution < 1.29 is 9.90 Å². The number of carbonyl (C=O) groups excluding carboxylic acids is 1. The molecule has 18 heavy (non-hydrogen) atoms. The van der Waals surface area contributed by atoms with E-state index in [4.69, 9.17) is 10.4 Å². The van der Waals surface area contributed by atoms with E-state index < -0.39 is 0 Å². The summed E-state index contributed by atoms with van der Waals surface area (Å²) in [4.78, 5) is 13.7. The number of amides is 1. The van der Waals surface area contributed by atoms with Crippen LogP contribution >= 0.6 is 0 Å². The van der Waals surface area contributed by atoms with E-state index in [-0.39, 0.29) is 18.6 Å². The zero-order valence-electron chi connectivity index (χ0n) is 10.8. The second-order valence-corrected chi connectivity index (χ2v) is 4.39. The molecular formula is C14H18N2O2. The Morgan fingerprint density at radius 1 is 1.39 bits per heavy atom. The van der Waals surface area contributed by atoms with Gasteiger partial charge in [-0.05, 0) is 31.5 Å². The summed E-state index contributed by atoms with van der Waals surface area (Å²) in [6, 6.07) is 9.09. The predicted octanol–water partition coefficient (Wildman–Crippen LogP) is 1.33. The highest BCUT2D eigenvalue weighted by Gasteiger charge is 2.16. The quantitative estimate of drug-likeness (QED) is 0.852. The fourth-order valence-corrected chi connectivity index (χ4v) is 1.75. The van der Waals surface area contributed by atoms with Crippen molar-refractivity contribution in [3.8, 4) is 6.07 Å². The molecule has 0 aliphatic heterocycles. The molecule has 1 N–H and O–H groups in total. The number of hydrogen-bond donors (Lipinski definition) is 1. The Balaban J connectivity index is 2.70. The summed E-state index contributed by atoms with van der Waals surface area (Å²) in [6.45, 7) is 4.17. The molecule has 0 heterocycles. The van der Waals surface area contributed by atoms with Crippen LogP contribution in [0.4, 0.5) is 0 Å². The van der Waals surface area contributed by atoms with E-state index in [1.807, 2.05) is 19.9 Å². The molecule has 0 spiro atoms. The van der Waals surface area contributed by atoms with Gasteiger partial charge in [-0.1, -0.05) is 12.1 Å². The van der Waals surface area contributed by atoms with Crippen LogP contribution < -0.4 is 0 Å². The molecular weight excluding hydrogens is 228 g/mol. The molecule has 4 heteroatoms. The number of hydrogen-bond acceptors (Lipinski definition) is 3. The average Bonchev–Trinajstić information content (AvgIpc) is 2.36. The van der Waals surface area contributed by atoms with Crippen LogP contribution in [0.15, 0.2) is 24.3 Å². The monoisotopic (exact) mass is 246 g/mol. The number of rotatable bonds is 5. The predicted molar refractivity (Wildman–Crippen MR) is 68.8 cm³/mol. The van der Waals surface area contributed by atoms with Gasteiger partial charge >= 0.3 is 0 Å². The zero-order valence-corrected chi connectivity index (χ0v) is 10.8. The molecule has 4 nitrogen and oxygen atoms in total. The van der Waals surface area contributed by atoms with Crippen LogP contribution in [0.1, 0.15) is 25.0 Å². The first-order valence-corrected chi connectivity index (χ1v) is 5.98. The van der Waals surface area contributed by atoms with Crippen LogP contribution in [-0.2, 0) is 11.2 Å². The highest BCUT2D eigenvalue weighted by molar-refractivity contribution is 5.79. The van der Waals surface area contributed by atoms with Gasteiger partial charge in [0.2, 0.25) is 5.91 Å². The highest BCUT2D eigenvalue weighted by Crippen LogP contribution is 2.08. The second-order valence-electron chi connectivity index (χ2n) is 4.39. The maximum Gasteiger partial charge on any atom is 0.227 e. The van der Waals surface area contributed by atoms with E-state index in [0.29, 0.717) is 18.5 Å². The molecule has 0 aliphatic rings.